The molecule has 2 saturated carbocycles. The summed E-state index contributed by atoms with van der Waals surface area (Å²) in [5.74, 6) is -6.02. The van der Waals surface area contributed by atoms with Gasteiger partial charge in [0.1, 0.15) is 35.2 Å². The number of nitrogens with two attached hydrogens (primary N) is 2. The molecule has 0 spiro atoms. The normalized spacial score (nSPS) is 20.8. The highest BCUT2D eigenvalue weighted by Gasteiger charge is 2.40. The molecule has 8 N–H and O–H groups in total. The van der Waals surface area contributed by atoms with Crippen molar-refractivity contribution in [2.24, 2.45) is 23.3 Å². The van der Waals surface area contributed by atoms with Crippen molar-refractivity contribution in [3.63, 3.8) is 0 Å². The Hall–Kier alpha value is -6.38. The Morgan fingerprint density at radius 2 is 0.776 bits per heavy atom. The fourth-order valence-electron chi connectivity index (χ4n) is 10.3. The predicted octanol–water partition coefficient (Wildman–Crippen LogP) is 8.47. The molecule has 0 aromatic heterocycles. The Morgan fingerprint density at radius 3 is 1.10 bits per heavy atom. The molecule has 4 aliphatic rings. The number of ketones is 4. The summed E-state index contributed by atoms with van der Waals surface area (Å²) in [5, 5.41) is 45.6. The van der Waals surface area contributed by atoms with Gasteiger partial charge in [0.2, 0.25) is 0 Å². The van der Waals surface area contributed by atoms with Gasteiger partial charge in [-0.1, -0.05) is 80.6 Å². The summed E-state index contributed by atoms with van der Waals surface area (Å²) in [6.07, 6.45) is 8.46. The summed E-state index contributed by atoms with van der Waals surface area (Å²) in [7, 11) is 0. The Kier molecular flexibility index (Phi) is 14.2. The first kappa shape index (κ1) is 47.1. The van der Waals surface area contributed by atoms with Crippen LogP contribution in [-0.2, 0) is 19.1 Å². The van der Waals surface area contributed by atoms with Crippen LogP contribution in [0.25, 0.3) is 0 Å². The van der Waals surface area contributed by atoms with E-state index < -0.39 is 70.3 Å². The third-order valence-electron chi connectivity index (χ3n) is 14.2. The van der Waals surface area contributed by atoms with Crippen molar-refractivity contribution in [1.29, 1.82) is 0 Å². The zero-order valence-corrected chi connectivity index (χ0v) is 37.5. The Morgan fingerprint density at radius 1 is 0.478 bits per heavy atom. The van der Waals surface area contributed by atoms with Crippen molar-refractivity contribution in [1.82, 2.24) is 0 Å². The molecule has 2 atom stereocenters. The van der Waals surface area contributed by atoms with Crippen molar-refractivity contribution in [2.45, 2.75) is 133 Å². The molecule has 0 aliphatic heterocycles. The number of hydrogen-bond acceptors (Lipinski definition) is 14. The van der Waals surface area contributed by atoms with Crippen molar-refractivity contribution in [3.05, 3.63) is 116 Å². The number of unbranched alkanes of at least 4 members (excludes halogenated alkanes) is 6. The van der Waals surface area contributed by atoms with Gasteiger partial charge in [-0.15, -0.1) is 0 Å². The van der Waals surface area contributed by atoms with Crippen LogP contribution in [-0.4, -0.2) is 67.6 Å². The summed E-state index contributed by atoms with van der Waals surface area (Å²) in [5.41, 5.74) is 11.6. The van der Waals surface area contributed by atoms with Crippen LogP contribution >= 0.6 is 0 Å². The molecule has 2 unspecified atom stereocenters. The highest BCUT2D eigenvalue weighted by molar-refractivity contribution is 6.31. The number of rotatable bonds is 16. The molecular weight excluding hydrogens is 857 g/mol. The predicted molar refractivity (Wildman–Crippen MR) is 245 cm³/mol. The van der Waals surface area contributed by atoms with Crippen molar-refractivity contribution in [2.75, 3.05) is 0 Å². The molecule has 14 heteroatoms. The minimum atomic E-state index is -1.01. The Bertz CT molecular complexity index is 2430. The quantitative estimate of drug-likeness (QED) is 0.0303. The molecule has 0 amide bonds. The lowest BCUT2D eigenvalue weighted by Crippen LogP contribution is -2.31. The molecule has 14 nitrogen and oxygen atoms in total. The number of phenolic OH excluding ortho intramolecular Hbond substituents is 4. The number of esters is 2. The summed E-state index contributed by atoms with van der Waals surface area (Å²) < 4.78 is 12.1. The lowest BCUT2D eigenvalue weighted by atomic mass is 9.81. The summed E-state index contributed by atoms with van der Waals surface area (Å²) in [6, 6.07) is 14.9. The van der Waals surface area contributed by atoms with E-state index in [0.717, 1.165) is 32.1 Å². The van der Waals surface area contributed by atoms with E-state index in [1.54, 1.807) is 24.3 Å². The lowest BCUT2D eigenvalue weighted by molar-refractivity contribution is -0.157. The van der Waals surface area contributed by atoms with Gasteiger partial charge < -0.3 is 41.4 Å². The molecule has 352 valence electrons. The van der Waals surface area contributed by atoms with E-state index in [-0.39, 0.29) is 92.4 Å². The number of hydrogen-bond donors (Lipinski definition) is 6. The largest absolute Gasteiger partial charge is 0.507 e. The molecular formula is C53H58N2O12. The van der Waals surface area contributed by atoms with Crippen LogP contribution in [0.2, 0.25) is 0 Å². The van der Waals surface area contributed by atoms with Crippen LogP contribution in [0.3, 0.4) is 0 Å². The first-order valence-electron chi connectivity index (χ1n) is 23.7. The standard InChI is InChI=1S/C53H58N2O12/c54-30-22-18-28(19-23-30)52(64)66-40(36-26-38(56)42-44(50(36)62)48(60)34-14-10-8-12-32(34)46(42)58)16-6-4-2-1-3-5-7-17-41(67-53(65)29-20-24-31(55)25-21-29)37-27-39(57)43-45(51(37)63)49(61)35-15-11-9-13-33(35)47(43)59/h8-15,26-31,40-41,56-57,62-63H,1-7,16-25,54-55H2. The Balaban J connectivity index is 0.912. The summed E-state index contributed by atoms with van der Waals surface area (Å²) >= 11 is 0. The fraction of sp³-hybridized carbons (Fsp3) is 0.434. The maximum atomic E-state index is 13.7. The van der Waals surface area contributed by atoms with Gasteiger partial charge >= 0.3 is 11.9 Å². The molecule has 67 heavy (non-hydrogen) atoms. The number of aromatic hydroxyl groups is 4. The first-order valence-corrected chi connectivity index (χ1v) is 23.7. The monoisotopic (exact) mass is 914 g/mol. The molecule has 4 aromatic carbocycles. The molecule has 4 aromatic rings. The van der Waals surface area contributed by atoms with Crippen LogP contribution < -0.4 is 11.5 Å². The van der Waals surface area contributed by atoms with Crippen LogP contribution in [0.4, 0.5) is 0 Å². The van der Waals surface area contributed by atoms with Gasteiger partial charge in [-0.05, 0) is 89.2 Å². The first-order chi connectivity index (χ1) is 32.2. The van der Waals surface area contributed by atoms with E-state index in [2.05, 4.69) is 0 Å². The fourth-order valence-corrected chi connectivity index (χ4v) is 10.3. The number of ether oxygens (including phenoxy) is 2. The molecule has 0 saturated heterocycles. The van der Waals surface area contributed by atoms with Crippen LogP contribution in [0.5, 0.6) is 23.0 Å². The third-order valence-corrected chi connectivity index (χ3v) is 14.2. The number of benzene rings is 4. The van der Waals surface area contributed by atoms with E-state index in [0.29, 0.717) is 64.2 Å². The van der Waals surface area contributed by atoms with Gasteiger partial charge in [-0.2, -0.15) is 0 Å². The second-order valence-corrected chi connectivity index (χ2v) is 18.7. The minimum Gasteiger partial charge on any atom is -0.507 e. The van der Waals surface area contributed by atoms with E-state index in [1.807, 2.05) is 0 Å². The Labute approximate surface area is 388 Å². The highest BCUT2D eigenvalue weighted by Crippen LogP contribution is 2.46. The molecule has 0 radical (unpaired) electrons. The van der Waals surface area contributed by atoms with Crippen molar-refractivity contribution in [3.8, 4) is 23.0 Å². The molecule has 8 rings (SSSR count). The maximum Gasteiger partial charge on any atom is 0.309 e. The zero-order valence-electron chi connectivity index (χ0n) is 37.5. The summed E-state index contributed by atoms with van der Waals surface area (Å²) in [6.45, 7) is 0. The molecule has 4 aliphatic carbocycles. The van der Waals surface area contributed by atoms with E-state index >= 15 is 0 Å². The van der Waals surface area contributed by atoms with Gasteiger partial charge in [-0.3, -0.25) is 28.8 Å². The molecule has 2 fully saturated rings. The minimum absolute atomic E-state index is 0.00897. The van der Waals surface area contributed by atoms with E-state index in [4.69, 9.17) is 20.9 Å². The SMILES string of the molecule is NC1CCC(C(=O)OC(CCCCCCCCCC(OC(=O)C2CCC(N)CC2)c2cc(O)c3c(c2O)C(=O)c2ccccc2C3=O)c2cc(O)c3c(c2O)C(=O)c2ccccc2C3=O)CC1. The van der Waals surface area contributed by atoms with Crippen LogP contribution in [0.15, 0.2) is 60.7 Å². The summed E-state index contributed by atoms with van der Waals surface area (Å²) in [4.78, 5) is 81.2. The van der Waals surface area contributed by atoms with Crippen molar-refractivity contribution >= 4 is 35.1 Å². The second kappa shape index (κ2) is 20.2. The van der Waals surface area contributed by atoms with Crippen molar-refractivity contribution < 1.29 is 58.7 Å². The third kappa shape index (κ3) is 9.60. The second-order valence-electron chi connectivity index (χ2n) is 18.7. The van der Waals surface area contributed by atoms with Gasteiger partial charge in [0, 0.05) is 45.5 Å². The molecule has 0 bridgehead atoms. The topological polar surface area (TPSA) is 254 Å². The molecule has 0 heterocycles. The number of carbonyl (C=O) groups excluding carboxylic acids is 6. The van der Waals surface area contributed by atoms with Gasteiger partial charge in [0.25, 0.3) is 0 Å². The van der Waals surface area contributed by atoms with Gasteiger partial charge in [0.15, 0.2) is 23.1 Å². The lowest BCUT2D eigenvalue weighted by Gasteiger charge is -2.28. The average molecular weight is 915 g/mol. The van der Waals surface area contributed by atoms with Crippen LogP contribution in [0.1, 0.15) is 196 Å². The smallest absolute Gasteiger partial charge is 0.309 e. The van der Waals surface area contributed by atoms with Crippen LogP contribution in [0, 0.1) is 11.8 Å². The number of carbonyl (C=O) groups is 6. The van der Waals surface area contributed by atoms with E-state index in [1.165, 1.54) is 36.4 Å². The number of fused-ring (bicyclic) bond motifs is 4. The highest BCUT2D eigenvalue weighted by atomic mass is 16.5. The van der Waals surface area contributed by atoms with Gasteiger partial charge in [0.05, 0.1) is 34.1 Å². The maximum absolute atomic E-state index is 13.7. The average Bonchev–Trinajstić information content (AvgIpc) is 3.32. The van der Waals surface area contributed by atoms with Gasteiger partial charge in [-0.25, -0.2) is 0 Å². The number of phenols is 4. The zero-order chi connectivity index (χ0) is 47.5. The van der Waals surface area contributed by atoms with E-state index in [9.17, 15) is 49.2 Å².